The Balaban J connectivity index is 1.10. The van der Waals surface area contributed by atoms with Crippen molar-refractivity contribution in [2.24, 2.45) is 10.9 Å². The highest BCUT2D eigenvalue weighted by molar-refractivity contribution is 8.00. The maximum absolute atomic E-state index is 9.41. The number of anilines is 2. The molecule has 4 aromatic carbocycles. The van der Waals surface area contributed by atoms with Gasteiger partial charge in [-0.2, -0.15) is 10.4 Å². The molecule has 0 spiro atoms. The van der Waals surface area contributed by atoms with E-state index in [0.717, 1.165) is 77.0 Å². The third-order valence-electron chi connectivity index (χ3n) is 7.51. The molecule has 6 rings (SSSR count). The van der Waals surface area contributed by atoms with Crippen molar-refractivity contribution in [2.75, 3.05) is 9.44 Å². The molecule has 0 aliphatic heterocycles. The van der Waals surface area contributed by atoms with Crippen molar-refractivity contribution in [1.82, 2.24) is 9.97 Å². The molecule has 2 aromatic heterocycles. The second-order valence-electron chi connectivity index (χ2n) is 10.5. The number of rotatable bonds is 8. The molecular formula is C37H28N8S2. The van der Waals surface area contributed by atoms with E-state index in [2.05, 4.69) is 67.3 Å². The number of nitrogens with two attached hydrogens (primary N) is 1. The number of hydrogen-bond acceptors (Lipinski definition) is 8. The molecule has 7 N–H and O–H groups in total. The summed E-state index contributed by atoms with van der Waals surface area (Å²) >= 11 is 2.99. The van der Waals surface area contributed by atoms with Crippen LogP contribution >= 0.6 is 23.9 Å². The standard InChI is InChI=1S/C37H28N8S2/c1-23-7-17-31(44-47-30-15-11-26(12-16-30)33(20-39)43-40)36-34(23)27(21-41-36)6-4-3-5-25-9-13-29(14-10-25)46-45-32-18-8-24(2)35-28(19-38)22-42-37(32)35/h7-18,20-22,39,41-42,44-45H,40H2,1-2H3. The van der Waals surface area contributed by atoms with E-state index < -0.39 is 0 Å². The van der Waals surface area contributed by atoms with Crippen molar-refractivity contribution >= 4 is 69.0 Å². The molecule has 0 bridgehead atoms. The summed E-state index contributed by atoms with van der Waals surface area (Å²) in [4.78, 5) is 8.64. The summed E-state index contributed by atoms with van der Waals surface area (Å²) in [7, 11) is 0. The van der Waals surface area contributed by atoms with Gasteiger partial charge in [-0.3, -0.25) is 0 Å². The van der Waals surface area contributed by atoms with Crippen LogP contribution in [0.25, 0.3) is 21.8 Å². The number of benzene rings is 4. The minimum Gasteiger partial charge on any atom is -0.358 e. The Labute approximate surface area is 281 Å². The van der Waals surface area contributed by atoms with E-state index in [1.807, 2.05) is 79.9 Å². The summed E-state index contributed by atoms with van der Waals surface area (Å²) in [5, 5.41) is 22.5. The number of aryl methyl sites for hydroxylation is 2. The molecule has 0 aliphatic carbocycles. The Hall–Kier alpha value is -5.99. The number of nitrogens with one attached hydrogen (secondary N) is 5. The minimum absolute atomic E-state index is 0.426. The molecule has 0 unspecified atom stereocenters. The van der Waals surface area contributed by atoms with Crippen molar-refractivity contribution in [3.63, 3.8) is 0 Å². The Morgan fingerprint density at radius 2 is 1.30 bits per heavy atom. The number of nitrogens with zero attached hydrogens (tertiary/aromatic N) is 2. The highest BCUT2D eigenvalue weighted by atomic mass is 32.2. The lowest BCUT2D eigenvalue weighted by Gasteiger charge is -2.09. The molecule has 47 heavy (non-hydrogen) atoms. The number of H-pyrrole nitrogens is 2. The maximum atomic E-state index is 9.41. The van der Waals surface area contributed by atoms with Crippen molar-refractivity contribution < 1.29 is 0 Å². The Morgan fingerprint density at radius 1 is 0.766 bits per heavy atom. The molecule has 0 atom stereocenters. The normalized spacial score (nSPS) is 10.9. The molecule has 0 amide bonds. The Bertz CT molecular complexity index is 2320. The van der Waals surface area contributed by atoms with Crippen LogP contribution in [0.15, 0.2) is 100 Å². The third kappa shape index (κ3) is 6.68. The van der Waals surface area contributed by atoms with E-state index in [1.54, 1.807) is 6.20 Å². The van der Waals surface area contributed by atoms with E-state index in [4.69, 9.17) is 11.3 Å². The number of hydrazone groups is 1. The van der Waals surface area contributed by atoms with Gasteiger partial charge in [0.15, 0.2) is 0 Å². The average Bonchev–Trinajstić information content (AvgIpc) is 3.74. The molecular weight excluding hydrogens is 621 g/mol. The minimum atomic E-state index is 0.426. The van der Waals surface area contributed by atoms with Gasteiger partial charge in [-0.15, -0.1) is 0 Å². The van der Waals surface area contributed by atoms with Gasteiger partial charge in [-0.25, -0.2) is 0 Å². The largest absolute Gasteiger partial charge is 0.358 e. The summed E-state index contributed by atoms with van der Waals surface area (Å²) in [5.74, 6) is 17.7. The first-order valence-corrected chi connectivity index (χ1v) is 16.1. The van der Waals surface area contributed by atoms with Gasteiger partial charge < -0.3 is 30.7 Å². The SMILES string of the molecule is Cc1ccc(NSc2ccc(C#CC#Cc3c[nH]c4c(NSc5ccc(C(C=N)=NN)cc5)ccc(C)c34)cc2)c2[nH]cc(C#N)c12. The van der Waals surface area contributed by atoms with Crippen LogP contribution in [0.3, 0.4) is 0 Å². The van der Waals surface area contributed by atoms with Crippen LogP contribution in [0.4, 0.5) is 11.4 Å². The third-order valence-corrected chi connectivity index (χ3v) is 9.17. The number of hydrogen-bond donors (Lipinski definition) is 6. The van der Waals surface area contributed by atoms with Gasteiger partial charge in [0.1, 0.15) is 11.8 Å². The van der Waals surface area contributed by atoms with Crippen LogP contribution < -0.4 is 15.3 Å². The first-order chi connectivity index (χ1) is 23.0. The lowest BCUT2D eigenvalue weighted by molar-refractivity contribution is 1.25. The van der Waals surface area contributed by atoms with Gasteiger partial charge in [-0.05, 0) is 109 Å². The molecule has 8 nitrogen and oxygen atoms in total. The zero-order chi connectivity index (χ0) is 32.8. The van der Waals surface area contributed by atoms with Crippen molar-refractivity contribution in [2.45, 2.75) is 23.6 Å². The smallest absolute Gasteiger partial charge is 0.107 e. The van der Waals surface area contributed by atoms with Crippen LogP contribution in [0, 0.1) is 54.3 Å². The molecule has 10 heteroatoms. The van der Waals surface area contributed by atoms with Crippen molar-refractivity contribution in [1.29, 1.82) is 10.7 Å². The van der Waals surface area contributed by atoms with Gasteiger partial charge >= 0.3 is 0 Å². The fourth-order valence-electron chi connectivity index (χ4n) is 5.12. The summed E-state index contributed by atoms with van der Waals surface area (Å²) in [5.41, 5.74) is 9.57. The van der Waals surface area contributed by atoms with Crippen LogP contribution in [0.5, 0.6) is 0 Å². The Kier molecular flexibility index (Phi) is 9.22. The second-order valence-corrected chi connectivity index (χ2v) is 12.3. The fraction of sp³-hybridized carbons (Fsp3) is 0.0541. The summed E-state index contributed by atoms with van der Waals surface area (Å²) < 4.78 is 6.84. The topological polar surface area (TPSA) is 142 Å². The predicted molar refractivity (Wildman–Crippen MR) is 196 cm³/mol. The molecule has 0 aliphatic rings. The van der Waals surface area contributed by atoms with Gasteiger partial charge in [0.25, 0.3) is 0 Å². The van der Waals surface area contributed by atoms with E-state index >= 15 is 0 Å². The molecule has 2 heterocycles. The second kappa shape index (κ2) is 14.0. The van der Waals surface area contributed by atoms with Crippen LogP contribution in [-0.2, 0) is 0 Å². The van der Waals surface area contributed by atoms with E-state index in [-0.39, 0.29) is 0 Å². The molecule has 0 saturated carbocycles. The predicted octanol–water partition coefficient (Wildman–Crippen LogP) is 8.09. The lowest BCUT2D eigenvalue weighted by Crippen LogP contribution is -2.04. The molecule has 228 valence electrons. The summed E-state index contributed by atoms with van der Waals surface area (Å²) in [6.07, 6.45) is 4.80. The molecule has 6 aromatic rings. The first-order valence-electron chi connectivity index (χ1n) is 14.5. The first kappa shape index (κ1) is 31.0. The summed E-state index contributed by atoms with van der Waals surface area (Å²) in [6.45, 7) is 4.08. The van der Waals surface area contributed by atoms with Crippen LogP contribution in [-0.4, -0.2) is 21.9 Å². The number of aromatic amines is 2. The van der Waals surface area contributed by atoms with Crippen LogP contribution in [0.1, 0.15) is 33.4 Å². The maximum Gasteiger partial charge on any atom is 0.107 e. The van der Waals surface area contributed by atoms with Crippen LogP contribution in [0.2, 0.25) is 0 Å². The van der Waals surface area contributed by atoms with Crippen molar-refractivity contribution in [3.05, 3.63) is 119 Å². The molecule has 0 saturated heterocycles. The highest BCUT2D eigenvalue weighted by Gasteiger charge is 2.11. The number of nitriles is 1. The molecule has 0 radical (unpaired) electrons. The zero-order valence-electron chi connectivity index (χ0n) is 25.4. The zero-order valence-corrected chi connectivity index (χ0v) is 27.1. The average molecular weight is 649 g/mol. The lowest BCUT2D eigenvalue weighted by atomic mass is 10.1. The quantitative estimate of drug-likeness (QED) is 0.0324. The van der Waals surface area contributed by atoms with Gasteiger partial charge in [0, 0.05) is 50.3 Å². The number of fused-ring (bicyclic) bond motifs is 2. The molecule has 0 fully saturated rings. The fourth-order valence-corrected chi connectivity index (χ4v) is 6.46. The van der Waals surface area contributed by atoms with Crippen molar-refractivity contribution in [3.8, 4) is 29.8 Å². The Morgan fingerprint density at radius 3 is 1.85 bits per heavy atom. The summed E-state index contributed by atoms with van der Waals surface area (Å²) in [6, 6.07) is 26.1. The number of aromatic nitrogens is 2. The van der Waals surface area contributed by atoms with E-state index in [0.29, 0.717) is 11.3 Å². The van der Waals surface area contributed by atoms with Gasteiger partial charge in [0.2, 0.25) is 0 Å². The monoisotopic (exact) mass is 648 g/mol. The van der Waals surface area contributed by atoms with Gasteiger partial charge in [-0.1, -0.05) is 36.1 Å². The van der Waals surface area contributed by atoms with E-state index in [1.165, 1.54) is 23.9 Å². The van der Waals surface area contributed by atoms with E-state index in [9.17, 15) is 5.26 Å². The highest BCUT2D eigenvalue weighted by Crippen LogP contribution is 2.33. The van der Waals surface area contributed by atoms with Gasteiger partial charge in [0.05, 0.1) is 33.5 Å².